The third kappa shape index (κ3) is 5.44. The molecule has 3 aromatic rings. The quantitative estimate of drug-likeness (QED) is 0.522. The molecular formula is C21H24N4O4S. The van der Waals surface area contributed by atoms with Crippen molar-refractivity contribution in [3.8, 4) is 17.2 Å². The van der Waals surface area contributed by atoms with Crippen molar-refractivity contribution in [3.05, 3.63) is 53.9 Å². The van der Waals surface area contributed by atoms with Gasteiger partial charge in [0.25, 0.3) is 0 Å². The molecule has 0 spiro atoms. The molecule has 0 saturated carbocycles. The van der Waals surface area contributed by atoms with E-state index in [0.717, 1.165) is 11.3 Å². The summed E-state index contributed by atoms with van der Waals surface area (Å²) < 4.78 is 18.0. The second kappa shape index (κ2) is 10.0. The molecule has 0 unspecified atom stereocenters. The lowest BCUT2D eigenvalue weighted by Crippen LogP contribution is -2.15. The number of methoxy groups -OCH3 is 2. The van der Waals surface area contributed by atoms with Crippen molar-refractivity contribution in [2.75, 3.05) is 25.3 Å². The van der Waals surface area contributed by atoms with Crippen LogP contribution in [0.4, 0.5) is 5.69 Å². The number of anilines is 1. The molecule has 8 nitrogen and oxygen atoms in total. The number of amides is 1. The molecule has 1 aromatic heterocycles. The molecule has 1 N–H and O–H groups in total. The van der Waals surface area contributed by atoms with Crippen molar-refractivity contribution in [3.63, 3.8) is 0 Å². The number of nitrogens with one attached hydrogen (secondary N) is 1. The smallest absolute Gasteiger partial charge is 0.234 e. The van der Waals surface area contributed by atoms with Crippen LogP contribution in [0.2, 0.25) is 0 Å². The molecule has 9 heteroatoms. The lowest BCUT2D eigenvalue weighted by atomic mass is 10.2. The number of nitrogens with zero attached hydrogens (tertiary/aromatic N) is 3. The van der Waals surface area contributed by atoms with E-state index in [9.17, 15) is 4.79 Å². The van der Waals surface area contributed by atoms with Gasteiger partial charge in [-0.15, -0.1) is 10.2 Å². The van der Waals surface area contributed by atoms with Crippen LogP contribution in [0, 0.1) is 6.92 Å². The van der Waals surface area contributed by atoms with Gasteiger partial charge in [-0.1, -0.05) is 17.8 Å². The molecule has 0 aliphatic heterocycles. The highest BCUT2D eigenvalue weighted by Gasteiger charge is 2.13. The number of benzene rings is 2. The van der Waals surface area contributed by atoms with Crippen molar-refractivity contribution < 1.29 is 19.0 Å². The van der Waals surface area contributed by atoms with Crippen molar-refractivity contribution >= 4 is 23.4 Å². The fourth-order valence-electron chi connectivity index (χ4n) is 2.65. The predicted molar refractivity (Wildman–Crippen MR) is 115 cm³/mol. The van der Waals surface area contributed by atoms with Gasteiger partial charge in [-0.25, -0.2) is 0 Å². The maximum Gasteiger partial charge on any atom is 0.234 e. The standard InChI is InChI=1S/C21H24N4O4S/c1-14-5-10-18(28-4)17(11-14)22-20(26)13-30-21-24-23-19(25(21)2)12-29-16-8-6-15(27-3)7-9-16/h5-11H,12-13H2,1-4H3,(H,22,26). The summed E-state index contributed by atoms with van der Waals surface area (Å²) in [6.07, 6.45) is 0. The van der Waals surface area contributed by atoms with Crippen LogP contribution in [-0.4, -0.2) is 40.6 Å². The van der Waals surface area contributed by atoms with E-state index < -0.39 is 0 Å². The van der Waals surface area contributed by atoms with Gasteiger partial charge in [-0.2, -0.15) is 0 Å². The summed E-state index contributed by atoms with van der Waals surface area (Å²) in [5.74, 6) is 2.80. The van der Waals surface area contributed by atoms with Gasteiger partial charge in [0, 0.05) is 7.05 Å². The Morgan fingerprint density at radius 2 is 1.80 bits per heavy atom. The molecule has 0 fully saturated rings. The van der Waals surface area contributed by atoms with E-state index in [0.29, 0.717) is 28.2 Å². The van der Waals surface area contributed by atoms with E-state index in [4.69, 9.17) is 14.2 Å². The lowest BCUT2D eigenvalue weighted by molar-refractivity contribution is -0.113. The Morgan fingerprint density at radius 1 is 1.07 bits per heavy atom. The first-order chi connectivity index (χ1) is 14.5. The second-order valence-corrected chi connectivity index (χ2v) is 7.41. The van der Waals surface area contributed by atoms with Gasteiger partial charge in [0.2, 0.25) is 5.91 Å². The number of thioether (sulfide) groups is 1. The lowest BCUT2D eigenvalue weighted by Gasteiger charge is -2.11. The van der Waals surface area contributed by atoms with E-state index in [1.54, 1.807) is 14.2 Å². The van der Waals surface area contributed by atoms with E-state index in [1.807, 2.05) is 61.0 Å². The largest absolute Gasteiger partial charge is 0.497 e. The topological polar surface area (TPSA) is 87.5 Å². The number of aryl methyl sites for hydroxylation is 1. The highest BCUT2D eigenvalue weighted by Crippen LogP contribution is 2.26. The van der Waals surface area contributed by atoms with Gasteiger partial charge in [0.05, 0.1) is 25.7 Å². The Kier molecular flexibility index (Phi) is 7.18. The summed E-state index contributed by atoms with van der Waals surface area (Å²) in [4.78, 5) is 12.4. The molecule has 1 amide bonds. The summed E-state index contributed by atoms with van der Waals surface area (Å²) in [5, 5.41) is 11.8. The molecule has 158 valence electrons. The van der Waals surface area contributed by atoms with Gasteiger partial charge >= 0.3 is 0 Å². The third-order valence-corrected chi connectivity index (χ3v) is 5.33. The number of carbonyl (C=O) groups excluding carboxylic acids is 1. The fourth-order valence-corrected chi connectivity index (χ4v) is 3.38. The predicted octanol–water partition coefficient (Wildman–Crippen LogP) is 3.45. The van der Waals surface area contributed by atoms with Gasteiger partial charge in [0.15, 0.2) is 11.0 Å². The minimum absolute atomic E-state index is 0.150. The Morgan fingerprint density at radius 3 is 2.50 bits per heavy atom. The number of rotatable bonds is 9. The molecule has 3 rings (SSSR count). The SMILES string of the molecule is COc1ccc(OCc2nnc(SCC(=O)Nc3cc(C)ccc3OC)n2C)cc1. The van der Waals surface area contributed by atoms with Crippen LogP contribution in [0.1, 0.15) is 11.4 Å². The van der Waals surface area contributed by atoms with Gasteiger partial charge in [0.1, 0.15) is 23.9 Å². The van der Waals surface area contributed by atoms with Crippen LogP contribution in [-0.2, 0) is 18.4 Å². The Bertz CT molecular complexity index is 1000. The normalized spacial score (nSPS) is 10.5. The Hall–Kier alpha value is -3.20. The molecule has 30 heavy (non-hydrogen) atoms. The maximum absolute atomic E-state index is 12.4. The average Bonchev–Trinajstić information content (AvgIpc) is 3.10. The summed E-state index contributed by atoms with van der Waals surface area (Å²) >= 11 is 1.30. The highest BCUT2D eigenvalue weighted by molar-refractivity contribution is 7.99. The van der Waals surface area contributed by atoms with Crippen LogP contribution in [0.5, 0.6) is 17.2 Å². The maximum atomic E-state index is 12.4. The van der Waals surface area contributed by atoms with Gasteiger partial charge < -0.3 is 24.1 Å². The number of hydrogen-bond donors (Lipinski definition) is 1. The van der Waals surface area contributed by atoms with E-state index in [1.165, 1.54) is 11.8 Å². The molecule has 0 atom stereocenters. The zero-order valence-electron chi connectivity index (χ0n) is 17.3. The molecule has 2 aromatic carbocycles. The average molecular weight is 429 g/mol. The molecule has 0 aliphatic rings. The summed E-state index contributed by atoms with van der Waals surface area (Å²) in [6.45, 7) is 2.22. The molecular weight excluding hydrogens is 404 g/mol. The van der Waals surface area contributed by atoms with Crippen molar-refractivity contribution in [2.45, 2.75) is 18.7 Å². The zero-order chi connectivity index (χ0) is 21.5. The van der Waals surface area contributed by atoms with E-state index in [2.05, 4.69) is 15.5 Å². The van der Waals surface area contributed by atoms with Gasteiger partial charge in [-0.05, 0) is 48.9 Å². The first kappa shape index (κ1) is 21.5. The van der Waals surface area contributed by atoms with E-state index in [-0.39, 0.29) is 18.3 Å². The third-order valence-electron chi connectivity index (χ3n) is 4.31. The minimum atomic E-state index is -0.150. The number of aromatic nitrogens is 3. The number of hydrogen-bond acceptors (Lipinski definition) is 7. The molecule has 1 heterocycles. The van der Waals surface area contributed by atoms with Crippen LogP contribution < -0.4 is 19.5 Å². The van der Waals surface area contributed by atoms with E-state index >= 15 is 0 Å². The van der Waals surface area contributed by atoms with Crippen molar-refractivity contribution in [1.29, 1.82) is 0 Å². The van der Waals surface area contributed by atoms with Crippen LogP contribution in [0.3, 0.4) is 0 Å². The Balaban J connectivity index is 1.54. The highest BCUT2D eigenvalue weighted by atomic mass is 32.2. The van der Waals surface area contributed by atoms with Crippen LogP contribution >= 0.6 is 11.8 Å². The first-order valence-corrected chi connectivity index (χ1v) is 10.2. The van der Waals surface area contributed by atoms with Crippen molar-refractivity contribution in [2.24, 2.45) is 7.05 Å². The first-order valence-electron chi connectivity index (χ1n) is 9.22. The summed E-state index contributed by atoms with van der Waals surface area (Å²) in [5.41, 5.74) is 1.68. The van der Waals surface area contributed by atoms with Crippen LogP contribution in [0.15, 0.2) is 47.6 Å². The molecule has 0 bridgehead atoms. The minimum Gasteiger partial charge on any atom is -0.497 e. The Labute approximate surface area is 179 Å². The summed E-state index contributed by atoms with van der Waals surface area (Å²) in [6, 6.07) is 12.9. The zero-order valence-corrected chi connectivity index (χ0v) is 18.2. The summed E-state index contributed by atoms with van der Waals surface area (Å²) in [7, 11) is 5.03. The van der Waals surface area contributed by atoms with Crippen molar-refractivity contribution in [1.82, 2.24) is 14.8 Å². The number of carbonyl (C=O) groups is 1. The monoisotopic (exact) mass is 428 g/mol. The molecule has 0 saturated heterocycles. The second-order valence-electron chi connectivity index (χ2n) is 6.46. The molecule has 0 radical (unpaired) electrons. The fraction of sp³-hybridized carbons (Fsp3) is 0.286. The van der Waals surface area contributed by atoms with Gasteiger partial charge in [-0.3, -0.25) is 4.79 Å². The number of ether oxygens (including phenoxy) is 3. The van der Waals surface area contributed by atoms with Crippen LogP contribution in [0.25, 0.3) is 0 Å². The molecule has 0 aliphatic carbocycles.